The molecule has 0 aromatic heterocycles. The van der Waals surface area contributed by atoms with E-state index in [1.807, 2.05) is 26.8 Å². The van der Waals surface area contributed by atoms with E-state index < -0.39 is 10.0 Å². The summed E-state index contributed by atoms with van der Waals surface area (Å²) in [4.78, 5) is -0.0488. The van der Waals surface area contributed by atoms with E-state index in [1.165, 1.54) is 18.2 Å². The van der Waals surface area contributed by atoms with Crippen molar-refractivity contribution in [2.75, 3.05) is 0 Å². The van der Waals surface area contributed by atoms with Gasteiger partial charge in [-0.3, -0.25) is 0 Å². The molecular weight excluding hydrogens is 284 g/mol. The zero-order valence-corrected chi connectivity index (χ0v) is 12.7. The van der Waals surface area contributed by atoms with E-state index in [0.29, 0.717) is 6.42 Å². The standard InChI is InChI=1S/C13H17ClN2O2S/c1-4-12(9(2)3)16-19(17,18)13-7-10(8-15)5-6-11(13)14/h5-7,9,12,16H,4H2,1-3H3. The fourth-order valence-electron chi connectivity index (χ4n) is 1.73. The van der Waals surface area contributed by atoms with Gasteiger partial charge in [0.05, 0.1) is 16.7 Å². The van der Waals surface area contributed by atoms with Crippen molar-refractivity contribution < 1.29 is 8.42 Å². The Balaban J connectivity index is 3.17. The van der Waals surface area contributed by atoms with Crippen molar-refractivity contribution >= 4 is 21.6 Å². The van der Waals surface area contributed by atoms with Gasteiger partial charge in [-0.2, -0.15) is 5.26 Å². The highest BCUT2D eigenvalue weighted by molar-refractivity contribution is 7.89. The summed E-state index contributed by atoms with van der Waals surface area (Å²) in [6, 6.07) is 5.94. The Kier molecular flexibility index (Phi) is 5.36. The van der Waals surface area contributed by atoms with Crippen LogP contribution in [0.4, 0.5) is 0 Å². The largest absolute Gasteiger partial charge is 0.242 e. The highest BCUT2D eigenvalue weighted by Gasteiger charge is 2.23. The second-order valence-corrected chi connectivity index (χ2v) is 6.73. The number of nitrogens with zero attached hydrogens (tertiary/aromatic N) is 1. The zero-order valence-electron chi connectivity index (χ0n) is 11.1. The summed E-state index contributed by atoms with van der Waals surface area (Å²) in [5, 5.41) is 8.94. The van der Waals surface area contributed by atoms with Crippen LogP contribution in [0, 0.1) is 17.2 Å². The van der Waals surface area contributed by atoms with Crippen LogP contribution in [0.2, 0.25) is 5.02 Å². The first kappa shape index (κ1) is 16.0. The smallest absolute Gasteiger partial charge is 0.208 e. The van der Waals surface area contributed by atoms with Gasteiger partial charge in [-0.15, -0.1) is 0 Å². The summed E-state index contributed by atoms with van der Waals surface area (Å²) in [7, 11) is -3.71. The van der Waals surface area contributed by atoms with Crippen LogP contribution in [0.25, 0.3) is 0 Å². The molecule has 0 spiro atoms. The quantitative estimate of drug-likeness (QED) is 0.909. The van der Waals surface area contributed by atoms with Crippen molar-refractivity contribution in [3.05, 3.63) is 28.8 Å². The molecule has 0 bridgehead atoms. The summed E-state index contributed by atoms with van der Waals surface area (Å²) in [5.74, 6) is 0.178. The fraction of sp³-hybridized carbons (Fsp3) is 0.462. The average molecular weight is 301 g/mol. The maximum atomic E-state index is 12.3. The molecule has 1 atom stereocenters. The molecule has 1 aromatic rings. The van der Waals surface area contributed by atoms with Crippen molar-refractivity contribution in [3.63, 3.8) is 0 Å². The van der Waals surface area contributed by atoms with E-state index in [4.69, 9.17) is 16.9 Å². The average Bonchev–Trinajstić information content (AvgIpc) is 2.36. The first-order valence-corrected chi connectivity index (χ1v) is 7.90. The van der Waals surface area contributed by atoms with Crippen LogP contribution in [0.15, 0.2) is 23.1 Å². The highest BCUT2D eigenvalue weighted by atomic mass is 35.5. The van der Waals surface area contributed by atoms with Gasteiger partial charge in [0.2, 0.25) is 10.0 Å². The van der Waals surface area contributed by atoms with Crippen LogP contribution in [-0.2, 0) is 10.0 Å². The lowest BCUT2D eigenvalue weighted by molar-refractivity contribution is 0.437. The molecular formula is C13H17ClN2O2S. The van der Waals surface area contributed by atoms with Crippen LogP contribution in [-0.4, -0.2) is 14.5 Å². The summed E-state index contributed by atoms with van der Waals surface area (Å²) in [6.07, 6.45) is 0.687. The molecule has 0 saturated heterocycles. The third-order valence-electron chi connectivity index (χ3n) is 2.90. The molecule has 0 aliphatic rings. The third kappa shape index (κ3) is 3.93. The SMILES string of the molecule is CCC(NS(=O)(=O)c1cc(C#N)ccc1Cl)C(C)C. The Morgan fingerprint density at radius 1 is 1.42 bits per heavy atom. The van der Waals surface area contributed by atoms with Crippen molar-refractivity contribution in [2.24, 2.45) is 5.92 Å². The topological polar surface area (TPSA) is 70.0 Å². The van der Waals surface area contributed by atoms with Crippen molar-refractivity contribution in [2.45, 2.75) is 38.1 Å². The molecule has 0 radical (unpaired) electrons. The molecule has 0 amide bonds. The Bertz CT molecular complexity index is 591. The van der Waals surface area contributed by atoms with Crippen LogP contribution >= 0.6 is 11.6 Å². The van der Waals surface area contributed by atoms with Gasteiger partial charge in [0.25, 0.3) is 0 Å². The zero-order chi connectivity index (χ0) is 14.6. The molecule has 1 rings (SSSR count). The molecule has 1 aromatic carbocycles. The molecule has 0 heterocycles. The van der Waals surface area contributed by atoms with Crippen LogP contribution in [0.3, 0.4) is 0 Å². The van der Waals surface area contributed by atoms with E-state index in [9.17, 15) is 8.42 Å². The molecule has 19 heavy (non-hydrogen) atoms. The van der Waals surface area contributed by atoms with E-state index in [2.05, 4.69) is 4.72 Å². The van der Waals surface area contributed by atoms with Gasteiger partial charge in [-0.1, -0.05) is 32.4 Å². The minimum atomic E-state index is -3.71. The molecule has 4 nitrogen and oxygen atoms in total. The van der Waals surface area contributed by atoms with Crippen LogP contribution < -0.4 is 4.72 Å². The van der Waals surface area contributed by atoms with Crippen molar-refractivity contribution in [1.82, 2.24) is 4.72 Å². The lowest BCUT2D eigenvalue weighted by Gasteiger charge is -2.21. The summed E-state index contributed by atoms with van der Waals surface area (Å²) >= 11 is 5.92. The van der Waals surface area contributed by atoms with Gasteiger partial charge in [-0.25, -0.2) is 13.1 Å². The normalized spacial score (nSPS) is 13.3. The second kappa shape index (κ2) is 6.38. The van der Waals surface area contributed by atoms with Crippen molar-refractivity contribution in [1.29, 1.82) is 5.26 Å². The lowest BCUT2D eigenvalue weighted by Crippen LogP contribution is -2.38. The summed E-state index contributed by atoms with van der Waals surface area (Å²) in [6.45, 7) is 5.81. The van der Waals surface area contributed by atoms with E-state index in [-0.39, 0.29) is 27.4 Å². The monoisotopic (exact) mass is 300 g/mol. The van der Waals surface area contributed by atoms with Crippen LogP contribution in [0.1, 0.15) is 32.8 Å². The van der Waals surface area contributed by atoms with Gasteiger partial charge >= 0.3 is 0 Å². The van der Waals surface area contributed by atoms with Crippen LogP contribution in [0.5, 0.6) is 0 Å². The Morgan fingerprint density at radius 2 is 2.05 bits per heavy atom. The molecule has 1 unspecified atom stereocenters. The Hall–Kier alpha value is -1.09. The Morgan fingerprint density at radius 3 is 2.53 bits per heavy atom. The number of rotatable bonds is 5. The van der Waals surface area contributed by atoms with Gasteiger partial charge in [-0.05, 0) is 30.5 Å². The third-order valence-corrected chi connectivity index (χ3v) is 4.87. The Labute approximate surface area is 119 Å². The molecule has 0 fully saturated rings. The number of sulfonamides is 1. The molecule has 0 saturated carbocycles. The minimum absolute atomic E-state index is 0.0488. The van der Waals surface area contributed by atoms with Crippen molar-refractivity contribution in [3.8, 4) is 6.07 Å². The predicted octanol–water partition coefficient (Wildman–Crippen LogP) is 2.92. The lowest BCUT2D eigenvalue weighted by atomic mass is 10.0. The first-order chi connectivity index (χ1) is 8.81. The molecule has 0 aliphatic carbocycles. The molecule has 6 heteroatoms. The first-order valence-electron chi connectivity index (χ1n) is 6.03. The molecule has 0 aliphatic heterocycles. The number of hydrogen-bond acceptors (Lipinski definition) is 3. The van der Waals surface area contributed by atoms with Gasteiger partial charge < -0.3 is 0 Å². The number of nitrogens with one attached hydrogen (secondary N) is 1. The number of nitriles is 1. The van der Waals surface area contributed by atoms with E-state index >= 15 is 0 Å². The summed E-state index contributed by atoms with van der Waals surface area (Å²) < 4.78 is 27.2. The number of hydrogen-bond donors (Lipinski definition) is 1. The van der Waals surface area contributed by atoms with E-state index in [0.717, 1.165) is 0 Å². The summed E-state index contributed by atoms with van der Waals surface area (Å²) in [5.41, 5.74) is 0.266. The number of benzene rings is 1. The highest BCUT2D eigenvalue weighted by Crippen LogP contribution is 2.23. The maximum Gasteiger partial charge on any atom is 0.242 e. The maximum absolute atomic E-state index is 12.3. The van der Waals surface area contributed by atoms with Gasteiger partial charge in [0, 0.05) is 6.04 Å². The molecule has 1 N–H and O–H groups in total. The second-order valence-electron chi connectivity index (χ2n) is 4.64. The minimum Gasteiger partial charge on any atom is -0.208 e. The molecule has 104 valence electrons. The van der Waals surface area contributed by atoms with E-state index in [1.54, 1.807) is 0 Å². The fourth-order valence-corrected chi connectivity index (χ4v) is 3.73. The van der Waals surface area contributed by atoms with Gasteiger partial charge in [0.15, 0.2) is 0 Å². The van der Waals surface area contributed by atoms with Gasteiger partial charge in [0.1, 0.15) is 4.90 Å². The number of halogens is 1. The predicted molar refractivity (Wildman–Crippen MR) is 75.4 cm³/mol.